The molecule has 0 aliphatic heterocycles. The van der Waals surface area contributed by atoms with Gasteiger partial charge in [0.1, 0.15) is 0 Å². The summed E-state index contributed by atoms with van der Waals surface area (Å²) in [6, 6.07) is 9.88. The topological polar surface area (TPSA) is 51.8 Å². The minimum Gasteiger partial charge on any atom is -0.397 e. The van der Waals surface area contributed by atoms with Crippen LogP contribution < -0.4 is 5.73 Å². The Morgan fingerprint density at radius 1 is 1.27 bits per heavy atom. The van der Waals surface area contributed by atoms with Crippen LogP contribution in [-0.2, 0) is 6.42 Å². The lowest BCUT2D eigenvalue weighted by Gasteiger charge is -2.03. The Bertz CT molecular complexity index is 471. The van der Waals surface area contributed by atoms with Gasteiger partial charge in [0.2, 0.25) is 0 Å². The molecule has 0 aliphatic rings. The predicted octanol–water partition coefficient (Wildman–Crippen LogP) is 2.41. The summed E-state index contributed by atoms with van der Waals surface area (Å²) in [4.78, 5) is 0. The van der Waals surface area contributed by atoms with E-state index in [0.29, 0.717) is 5.69 Å². The molecule has 0 amide bonds. The zero-order valence-corrected chi connectivity index (χ0v) is 9.61. The molecule has 76 valence electrons. The van der Waals surface area contributed by atoms with Gasteiger partial charge in [-0.15, -0.1) is 0 Å². The maximum absolute atomic E-state index is 5.64. The van der Waals surface area contributed by atoms with Crippen molar-refractivity contribution in [1.29, 1.82) is 0 Å². The molecule has 0 spiro atoms. The monoisotopic (exact) mass is 263 g/mol. The van der Waals surface area contributed by atoms with Crippen LogP contribution in [0.3, 0.4) is 0 Å². The van der Waals surface area contributed by atoms with Gasteiger partial charge in [-0.25, -0.2) is 0 Å². The Morgan fingerprint density at radius 3 is 2.80 bits per heavy atom. The zero-order chi connectivity index (χ0) is 10.7. The number of nitrogens with zero attached hydrogens (tertiary/aromatic N) is 2. The molecule has 0 radical (unpaired) electrons. The van der Waals surface area contributed by atoms with Crippen LogP contribution in [-0.4, -0.2) is 10.2 Å². The van der Waals surface area contributed by atoms with Gasteiger partial charge in [0.25, 0.3) is 0 Å². The number of rotatable bonds is 2. The smallest absolute Gasteiger partial charge is 0.0726 e. The van der Waals surface area contributed by atoms with Crippen LogP contribution in [0.4, 0.5) is 5.69 Å². The molecule has 1 aromatic carbocycles. The fourth-order valence-corrected chi connectivity index (χ4v) is 1.78. The Morgan fingerprint density at radius 2 is 2.07 bits per heavy atom. The third kappa shape index (κ3) is 2.53. The number of anilines is 1. The molecule has 0 atom stereocenters. The minimum absolute atomic E-state index is 0.645. The van der Waals surface area contributed by atoms with E-state index >= 15 is 0 Å². The highest BCUT2D eigenvalue weighted by atomic mass is 79.9. The van der Waals surface area contributed by atoms with E-state index in [2.05, 4.69) is 32.2 Å². The molecule has 0 saturated carbocycles. The first kappa shape index (κ1) is 10.1. The lowest BCUT2D eigenvalue weighted by atomic mass is 10.1. The van der Waals surface area contributed by atoms with Crippen LogP contribution >= 0.6 is 15.9 Å². The molecular formula is C11H10BrN3. The predicted molar refractivity (Wildman–Crippen MR) is 63.4 cm³/mol. The largest absolute Gasteiger partial charge is 0.397 e. The lowest BCUT2D eigenvalue weighted by Crippen LogP contribution is -1.97. The molecule has 0 bridgehead atoms. The molecule has 2 N–H and O–H groups in total. The average Bonchev–Trinajstić information content (AvgIpc) is 2.22. The van der Waals surface area contributed by atoms with Gasteiger partial charge in [-0.3, -0.25) is 0 Å². The first-order chi connectivity index (χ1) is 7.25. The molecule has 15 heavy (non-hydrogen) atoms. The van der Waals surface area contributed by atoms with Crippen molar-refractivity contribution in [3.8, 4) is 0 Å². The van der Waals surface area contributed by atoms with Crippen LogP contribution in [0.1, 0.15) is 11.3 Å². The normalized spacial score (nSPS) is 10.2. The average molecular weight is 264 g/mol. The van der Waals surface area contributed by atoms with E-state index in [0.717, 1.165) is 16.6 Å². The molecule has 1 heterocycles. The number of hydrogen-bond donors (Lipinski definition) is 1. The van der Waals surface area contributed by atoms with Gasteiger partial charge in [0.15, 0.2) is 0 Å². The van der Waals surface area contributed by atoms with Crippen molar-refractivity contribution >= 4 is 21.6 Å². The van der Waals surface area contributed by atoms with E-state index in [1.165, 1.54) is 5.56 Å². The van der Waals surface area contributed by atoms with E-state index < -0.39 is 0 Å². The number of halogens is 1. The molecule has 0 unspecified atom stereocenters. The lowest BCUT2D eigenvalue weighted by molar-refractivity contribution is 0.938. The van der Waals surface area contributed by atoms with Gasteiger partial charge in [-0.1, -0.05) is 34.1 Å². The van der Waals surface area contributed by atoms with Crippen molar-refractivity contribution < 1.29 is 0 Å². The Balaban J connectivity index is 2.26. The number of hydrogen-bond acceptors (Lipinski definition) is 3. The van der Waals surface area contributed by atoms with E-state index in [1.54, 1.807) is 6.20 Å². The first-order valence-electron chi connectivity index (χ1n) is 4.56. The fraction of sp³-hybridized carbons (Fsp3) is 0.0909. The molecule has 0 saturated heterocycles. The van der Waals surface area contributed by atoms with Gasteiger partial charge in [0.05, 0.1) is 17.6 Å². The second kappa shape index (κ2) is 4.40. The van der Waals surface area contributed by atoms with Gasteiger partial charge in [-0.05, 0) is 17.7 Å². The Hall–Kier alpha value is -1.42. The second-order valence-corrected chi connectivity index (χ2v) is 4.10. The molecule has 0 aliphatic carbocycles. The summed E-state index contributed by atoms with van der Waals surface area (Å²) in [6.07, 6.45) is 2.28. The Kier molecular flexibility index (Phi) is 2.97. The summed E-state index contributed by atoms with van der Waals surface area (Å²) in [6.45, 7) is 0. The quantitative estimate of drug-likeness (QED) is 0.906. The summed E-state index contributed by atoms with van der Waals surface area (Å²) in [5, 5.41) is 7.84. The van der Waals surface area contributed by atoms with E-state index in [-0.39, 0.29) is 0 Å². The highest BCUT2D eigenvalue weighted by Gasteiger charge is 2.02. The van der Waals surface area contributed by atoms with Crippen LogP contribution in [0, 0.1) is 0 Å². The molecular weight excluding hydrogens is 254 g/mol. The maximum atomic E-state index is 5.64. The van der Waals surface area contributed by atoms with Crippen LogP contribution in [0.2, 0.25) is 0 Å². The SMILES string of the molecule is Nc1cnnc(Cc2ccccc2Br)c1. The molecule has 2 aromatic rings. The van der Waals surface area contributed by atoms with Gasteiger partial charge >= 0.3 is 0 Å². The molecule has 4 heteroatoms. The summed E-state index contributed by atoms with van der Waals surface area (Å²) < 4.78 is 1.08. The summed E-state index contributed by atoms with van der Waals surface area (Å²) in [5.74, 6) is 0. The van der Waals surface area contributed by atoms with Crippen LogP contribution in [0.15, 0.2) is 41.0 Å². The van der Waals surface area contributed by atoms with E-state index in [1.807, 2.05) is 24.3 Å². The third-order valence-corrected chi connectivity index (χ3v) is 2.83. The van der Waals surface area contributed by atoms with Crippen molar-refractivity contribution in [2.24, 2.45) is 0 Å². The maximum Gasteiger partial charge on any atom is 0.0726 e. The molecule has 0 fully saturated rings. The van der Waals surface area contributed by atoms with Crippen molar-refractivity contribution in [1.82, 2.24) is 10.2 Å². The standard InChI is InChI=1S/C11H10BrN3/c12-11-4-2-1-3-8(11)5-10-6-9(13)7-14-15-10/h1-4,6-7H,5H2,(H2,13,15). The summed E-state index contributed by atoms with van der Waals surface area (Å²) >= 11 is 3.49. The van der Waals surface area contributed by atoms with Crippen LogP contribution in [0.5, 0.6) is 0 Å². The molecule has 2 rings (SSSR count). The Labute approximate surface area is 96.5 Å². The van der Waals surface area contributed by atoms with E-state index in [9.17, 15) is 0 Å². The number of nitrogen functional groups attached to an aromatic ring is 1. The van der Waals surface area contributed by atoms with Gasteiger partial charge in [-0.2, -0.15) is 10.2 Å². The molecule has 3 nitrogen and oxygen atoms in total. The molecule has 1 aromatic heterocycles. The van der Waals surface area contributed by atoms with Crippen molar-refractivity contribution in [2.45, 2.75) is 6.42 Å². The van der Waals surface area contributed by atoms with Gasteiger partial charge in [0, 0.05) is 10.9 Å². The summed E-state index contributed by atoms with van der Waals surface area (Å²) in [5.41, 5.74) is 8.34. The van der Waals surface area contributed by atoms with E-state index in [4.69, 9.17) is 5.73 Å². The van der Waals surface area contributed by atoms with Gasteiger partial charge < -0.3 is 5.73 Å². The van der Waals surface area contributed by atoms with Crippen molar-refractivity contribution in [3.63, 3.8) is 0 Å². The zero-order valence-electron chi connectivity index (χ0n) is 8.02. The number of nitrogens with two attached hydrogens (primary N) is 1. The highest BCUT2D eigenvalue weighted by molar-refractivity contribution is 9.10. The second-order valence-electron chi connectivity index (χ2n) is 3.25. The van der Waals surface area contributed by atoms with Crippen molar-refractivity contribution in [2.75, 3.05) is 5.73 Å². The third-order valence-electron chi connectivity index (χ3n) is 2.06. The fourth-order valence-electron chi connectivity index (χ4n) is 1.35. The first-order valence-corrected chi connectivity index (χ1v) is 5.35. The van der Waals surface area contributed by atoms with Crippen molar-refractivity contribution in [3.05, 3.63) is 52.3 Å². The highest BCUT2D eigenvalue weighted by Crippen LogP contribution is 2.18. The van der Waals surface area contributed by atoms with Crippen LogP contribution in [0.25, 0.3) is 0 Å². The summed E-state index contributed by atoms with van der Waals surface area (Å²) in [7, 11) is 0. The minimum atomic E-state index is 0.645. The number of benzene rings is 1. The number of aromatic nitrogens is 2.